The number of hydrogen-bond acceptors (Lipinski definition) is 6. The molecule has 1 aliphatic heterocycles. The van der Waals surface area contributed by atoms with Gasteiger partial charge in [-0.05, 0) is 0 Å². The smallest absolute Gasteiger partial charge is 0.323 e. The topological polar surface area (TPSA) is 97.8 Å². The van der Waals surface area contributed by atoms with Crippen LogP contribution in [0.1, 0.15) is 19.3 Å². The van der Waals surface area contributed by atoms with Crippen molar-refractivity contribution in [1.82, 2.24) is 4.90 Å². The molecule has 0 unspecified atom stereocenters. The predicted octanol–water partition coefficient (Wildman–Crippen LogP) is -1.40. The van der Waals surface area contributed by atoms with Gasteiger partial charge in [0.2, 0.25) is 11.8 Å². The molecule has 84 valence electrons. The highest BCUT2D eigenvalue weighted by Gasteiger charge is 2.28. The van der Waals surface area contributed by atoms with Crippen LogP contribution in [0.3, 0.4) is 0 Å². The SMILES string of the molecule is O=C(CCN1C(=O)CCC1=O)O[SH](=O)=O. The summed E-state index contributed by atoms with van der Waals surface area (Å²) >= 11 is 0. The molecule has 1 rings (SSSR count). The van der Waals surface area contributed by atoms with Gasteiger partial charge in [0.1, 0.15) is 0 Å². The second-order valence-electron chi connectivity index (χ2n) is 2.88. The number of hydrogen-bond donors (Lipinski definition) is 1. The van der Waals surface area contributed by atoms with E-state index >= 15 is 0 Å². The van der Waals surface area contributed by atoms with E-state index in [2.05, 4.69) is 4.18 Å². The van der Waals surface area contributed by atoms with Crippen molar-refractivity contribution < 1.29 is 27.0 Å². The largest absolute Gasteiger partial charge is 0.348 e. The van der Waals surface area contributed by atoms with Crippen LogP contribution in [-0.4, -0.2) is 37.6 Å². The maximum atomic E-state index is 11.1. The standard InChI is InChI=1S/C7H9NO6S/c9-5-1-2-6(10)8(5)4-3-7(11)14-15(12)13/h15H,1-4H2. The van der Waals surface area contributed by atoms with Gasteiger partial charge in [-0.1, -0.05) is 0 Å². The first-order chi connectivity index (χ1) is 7.00. The van der Waals surface area contributed by atoms with Crippen LogP contribution in [0.25, 0.3) is 0 Å². The van der Waals surface area contributed by atoms with Crippen LogP contribution in [0.2, 0.25) is 0 Å². The Hall–Kier alpha value is -1.44. The van der Waals surface area contributed by atoms with Crippen LogP contribution in [0.4, 0.5) is 0 Å². The second kappa shape index (κ2) is 4.87. The molecular formula is C7H9NO6S. The summed E-state index contributed by atoms with van der Waals surface area (Å²) in [6.45, 7) is -0.125. The molecular weight excluding hydrogens is 226 g/mol. The number of imide groups is 1. The van der Waals surface area contributed by atoms with E-state index in [1.807, 2.05) is 0 Å². The lowest BCUT2D eigenvalue weighted by atomic mass is 10.4. The number of nitrogens with zero attached hydrogens (tertiary/aromatic N) is 1. The zero-order chi connectivity index (χ0) is 11.4. The van der Waals surface area contributed by atoms with E-state index in [0.717, 1.165) is 4.90 Å². The Morgan fingerprint density at radius 1 is 1.27 bits per heavy atom. The number of carbonyl (C=O) groups is 3. The van der Waals surface area contributed by atoms with E-state index in [4.69, 9.17) is 0 Å². The Morgan fingerprint density at radius 3 is 2.27 bits per heavy atom. The molecule has 0 aromatic heterocycles. The zero-order valence-corrected chi connectivity index (χ0v) is 8.57. The molecule has 0 atom stereocenters. The van der Waals surface area contributed by atoms with Crippen LogP contribution in [0, 0.1) is 0 Å². The minimum absolute atomic E-state index is 0.125. The molecule has 7 nitrogen and oxygen atoms in total. The van der Waals surface area contributed by atoms with E-state index in [9.17, 15) is 22.8 Å². The van der Waals surface area contributed by atoms with Gasteiger partial charge in [0.15, 0.2) is 0 Å². The van der Waals surface area contributed by atoms with E-state index in [1.165, 1.54) is 0 Å². The van der Waals surface area contributed by atoms with Crippen molar-refractivity contribution in [3.8, 4) is 0 Å². The summed E-state index contributed by atoms with van der Waals surface area (Å²) in [7, 11) is -3.22. The van der Waals surface area contributed by atoms with Crippen molar-refractivity contribution in [3.63, 3.8) is 0 Å². The summed E-state index contributed by atoms with van der Waals surface area (Å²) in [4.78, 5) is 33.8. The monoisotopic (exact) mass is 235 g/mol. The van der Waals surface area contributed by atoms with E-state index < -0.39 is 17.0 Å². The Balaban J connectivity index is 2.39. The predicted molar refractivity (Wildman–Crippen MR) is 47.0 cm³/mol. The van der Waals surface area contributed by atoms with Gasteiger partial charge < -0.3 is 4.18 Å². The molecule has 1 heterocycles. The van der Waals surface area contributed by atoms with E-state index in [0.29, 0.717) is 0 Å². The van der Waals surface area contributed by atoms with E-state index in [1.54, 1.807) is 0 Å². The number of amides is 2. The lowest BCUT2D eigenvalue weighted by Gasteiger charge is -2.11. The second-order valence-corrected chi connectivity index (χ2v) is 3.51. The highest BCUT2D eigenvalue weighted by molar-refractivity contribution is 7.67. The molecule has 0 N–H and O–H groups in total. The molecule has 0 saturated carbocycles. The maximum absolute atomic E-state index is 11.1. The first kappa shape index (κ1) is 11.6. The van der Waals surface area contributed by atoms with Crippen LogP contribution in [0.5, 0.6) is 0 Å². The fraction of sp³-hybridized carbons (Fsp3) is 0.571. The lowest BCUT2D eigenvalue weighted by molar-refractivity contribution is -0.139. The van der Waals surface area contributed by atoms with Gasteiger partial charge in [0, 0.05) is 19.4 Å². The average molecular weight is 235 g/mol. The Kier molecular flexibility index (Phi) is 3.78. The Morgan fingerprint density at radius 2 is 1.80 bits per heavy atom. The molecule has 0 bridgehead atoms. The number of carbonyl (C=O) groups excluding carboxylic acids is 3. The minimum atomic E-state index is -3.22. The van der Waals surface area contributed by atoms with Gasteiger partial charge in [-0.3, -0.25) is 19.3 Å². The summed E-state index contributed by atoms with van der Waals surface area (Å²) in [5.41, 5.74) is 0. The highest BCUT2D eigenvalue weighted by Crippen LogP contribution is 2.11. The van der Waals surface area contributed by atoms with Gasteiger partial charge in [-0.15, -0.1) is 0 Å². The van der Waals surface area contributed by atoms with Crippen LogP contribution in [-0.2, 0) is 29.6 Å². The van der Waals surface area contributed by atoms with Crippen molar-refractivity contribution in [2.45, 2.75) is 19.3 Å². The fourth-order valence-electron chi connectivity index (χ4n) is 1.20. The first-order valence-electron chi connectivity index (χ1n) is 4.19. The summed E-state index contributed by atoms with van der Waals surface area (Å²) in [5.74, 6) is -1.67. The third-order valence-corrected chi connectivity index (χ3v) is 2.22. The van der Waals surface area contributed by atoms with Gasteiger partial charge in [0.05, 0.1) is 6.42 Å². The fourth-order valence-corrected chi connectivity index (χ4v) is 1.46. The number of thiol groups is 1. The van der Waals surface area contributed by atoms with Crippen LogP contribution < -0.4 is 0 Å². The number of rotatable bonds is 4. The Bertz CT molecular complexity index is 350. The van der Waals surface area contributed by atoms with Crippen molar-refractivity contribution in [2.24, 2.45) is 0 Å². The van der Waals surface area contributed by atoms with Gasteiger partial charge in [-0.2, -0.15) is 8.42 Å². The normalized spacial score (nSPS) is 16.2. The van der Waals surface area contributed by atoms with Crippen molar-refractivity contribution in [1.29, 1.82) is 0 Å². The van der Waals surface area contributed by atoms with Crippen LogP contribution in [0.15, 0.2) is 0 Å². The third kappa shape index (κ3) is 3.31. The summed E-state index contributed by atoms with van der Waals surface area (Å²) in [6.07, 6.45) is -0.0196. The van der Waals surface area contributed by atoms with Crippen LogP contribution >= 0.6 is 0 Å². The highest BCUT2D eigenvalue weighted by atomic mass is 32.2. The molecule has 2 amide bonds. The van der Waals surface area contributed by atoms with Crippen molar-refractivity contribution in [2.75, 3.05) is 6.54 Å². The van der Waals surface area contributed by atoms with Crippen molar-refractivity contribution in [3.05, 3.63) is 0 Å². The summed E-state index contributed by atoms with van der Waals surface area (Å²) in [5, 5.41) is 0. The molecule has 0 radical (unpaired) electrons. The maximum Gasteiger partial charge on any atom is 0.323 e. The molecule has 0 aliphatic carbocycles. The first-order valence-corrected chi connectivity index (χ1v) is 5.28. The Labute approximate surface area is 87.1 Å². The lowest BCUT2D eigenvalue weighted by Crippen LogP contribution is -2.31. The minimum Gasteiger partial charge on any atom is -0.348 e. The number of likely N-dealkylation sites (tertiary alicyclic amines) is 1. The summed E-state index contributed by atoms with van der Waals surface area (Å²) < 4.78 is 23.8. The van der Waals surface area contributed by atoms with E-state index in [-0.39, 0.29) is 37.6 Å². The molecule has 1 aliphatic rings. The molecule has 1 saturated heterocycles. The zero-order valence-electron chi connectivity index (χ0n) is 7.67. The third-order valence-electron chi connectivity index (χ3n) is 1.87. The summed E-state index contributed by atoms with van der Waals surface area (Å²) in [6, 6.07) is 0. The molecule has 0 aromatic rings. The van der Waals surface area contributed by atoms with Gasteiger partial charge in [-0.25, -0.2) is 0 Å². The molecule has 0 spiro atoms. The van der Waals surface area contributed by atoms with Gasteiger partial charge >= 0.3 is 17.0 Å². The average Bonchev–Trinajstić information content (AvgIpc) is 2.42. The quantitative estimate of drug-likeness (QED) is 0.475. The van der Waals surface area contributed by atoms with Crippen molar-refractivity contribution >= 4 is 28.8 Å². The van der Waals surface area contributed by atoms with Gasteiger partial charge in [0.25, 0.3) is 0 Å². The molecule has 0 aromatic carbocycles. The molecule has 1 fully saturated rings. The molecule has 15 heavy (non-hydrogen) atoms. The molecule has 8 heteroatoms.